The van der Waals surface area contributed by atoms with Crippen molar-refractivity contribution in [2.24, 2.45) is 0 Å². The molecule has 0 radical (unpaired) electrons. The number of likely N-dealkylation sites (tertiary alicyclic amines) is 1. The fourth-order valence-corrected chi connectivity index (χ4v) is 3.34. The lowest BCUT2D eigenvalue weighted by Gasteiger charge is -2.27. The van der Waals surface area contributed by atoms with E-state index in [9.17, 15) is 9.18 Å². The third kappa shape index (κ3) is 3.89. The summed E-state index contributed by atoms with van der Waals surface area (Å²) in [4.78, 5) is 19.1. The van der Waals surface area contributed by atoms with Crippen molar-refractivity contribution in [3.63, 3.8) is 0 Å². The lowest BCUT2D eigenvalue weighted by atomic mass is 10.1. The number of aromatic nitrogens is 3. The minimum Gasteiger partial charge on any atom is -0.364 e. The molecule has 3 heterocycles. The molecule has 8 heteroatoms. The molecule has 0 spiro atoms. The van der Waals surface area contributed by atoms with E-state index in [2.05, 4.69) is 15.3 Å². The van der Waals surface area contributed by atoms with Gasteiger partial charge in [-0.1, -0.05) is 23.2 Å². The fourth-order valence-electron chi connectivity index (χ4n) is 3.34. The molecule has 0 saturated carbocycles. The average Bonchev–Trinajstić information content (AvgIpc) is 3.30. The SMILES string of the molecule is O=C(Cc1ccon1)N1CCCCC[C@H]1c1noc(-c2ccc(F)cc2)n1. The Bertz CT molecular complexity index is 892. The normalized spacial score (nSPS) is 17.7. The van der Waals surface area contributed by atoms with Crippen LogP contribution in [0.1, 0.15) is 43.2 Å². The topological polar surface area (TPSA) is 85.3 Å². The van der Waals surface area contributed by atoms with Gasteiger partial charge in [-0.2, -0.15) is 4.98 Å². The monoisotopic (exact) mass is 370 g/mol. The number of benzene rings is 1. The predicted octanol–water partition coefficient (Wildman–Crippen LogP) is 3.55. The molecule has 1 aromatic carbocycles. The van der Waals surface area contributed by atoms with Crippen molar-refractivity contribution in [3.05, 3.63) is 53.9 Å². The van der Waals surface area contributed by atoms with Gasteiger partial charge in [0, 0.05) is 18.2 Å². The standard InChI is InChI=1S/C19H19FN4O3/c20-14-7-5-13(6-8-14)19-21-18(23-27-19)16-4-2-1-3-10-24(16)17(25)12-15-9-11-26-22-15/h5-9,11,16H,1-4,10,12H2/t16-/m0/s1. The van der Waals surface area contributed by atoms with Gasteiger partial charge >= 0.3 is 0 Å². The Hall–Kier alpha value is -3.03. The maximum Gasteiger partial charge on any atom is 0.258 e. The molecule has 0 bridgehead atoms. The molecule has 1 fully saturated rings. The molecule has 3 aromatic rings. The molecule has 2 aromatic heterocycles. The van der Waals surface area contributed by atoms with Crippen molar-refractivity contribution < 1.29 is 18.2 Å². The Morgan fingerprint density at radius 1 is 1.15 bits per heavy atom. The first kappa shape index (κ1) is 17.4. The van der Waals surface area contributed by atoms with Crippen LogP contribution in [-0.4, -0.2) is 32.6 Å². The van der Waals surface area contributed by atoms with Crippen LogP contribution in [0.15, 0.2) is 45.6 Å². The average molecular weight is 370 g/mol. The Labute approximate surface area is 155 Å². The van der Waals surface area contributed by atoms with Gasteiger partial charge in [0.25, 0.3) is 5.89 Å². The van der Waals surface area contributed by atoms with Gasteiger partial charge < -0.3 is 13.9 Å². The van der Waals surface area contributed by atoms with Crippen LogP contribution in [0.5, 0.6) is 0 Å². The molecule has 27 heavy (non-hydrogen) atoms. The summed E-state index contributed by atoms with van der Waals surface area (Å²) in [7, 11) is 0. The lowest BCUT2D eigenvalue weighted by Crippen LogP contribution is -2.36. The van der Waals surface area contributed by atoms with E-state index in [1.165, 1.54) is 18.4 Å². The molecule has 1 amide bonds. The van der Waals surface area contributed by atoms with E-state index in [1.807, 2.05) is 0 Å². The number of rotatable bonds is 4. The maximum atomic E-state index is 13.1. The molecule has 7 nitrogen and oxygen atoms in total. The summed E-state index contributed by atoms with van der Waals surface area (Å²) in [5.74, 6) is 0.429. The van der Waals surface area contributed by atoms with Crippen molar-refractivity contribution in [2.45, 2.75) is 38.1 Å². The third-order valence-corrected chi connectivity index (χ3v) is 4.73. The summed E-state index contributed by atoms with van der Waals surface area (Å²) in [6.45, 7) is 0.641. The minimum atomic E-state index is -0.327. The zero-order valence-electron chi connectivity index (χ0n) is 14.7. The summed E-state index contributed by atoms with van der Waals surface area (Å²) >= 11 is 0. The minimum absolute atomic E-state index is 0.0380. The van der Waals surface area contributed by atoms with Gasteiger partial charge in [-0.15, -0.1) is 0 Å². The molecule has 140 valence electrons. The number of amides is 1. The van der Waals surface area contributed by atoms with Gasteiger partial charge in [-0.3, -0.25) is 4.79 Å². The molecule has 0 N–H and O–H groups in total. The zero-order chi connectivity index (χ0) is 18.6. The molecule has 1 saturated heterocycles. The first-order valence-electron chi connectivity index (χ1n) is 8.99. The number of nitrogens with zero attached hydrogens (tertiary/aromatic N) is 4. The summed E-state index contributed by atoms with van der Waals surface area (Å²) in [6.07, 6.45) is 5.37. The van der Waals surface area contributed by atoms with E-state index >= 15 is 0 Å². The number of carbonyl (C=O) groups excluding carboxylic acids is 1. The molecule has 0 aliphatic carbocycles. The summed E-state index contributed by atoms with van der Waals surface area (Å²) in [5, 5.41) is 7.92. The van der Waals surface area contributed by atoms with Crippen molar-refractivity contribution in [3.8, 4) is 11.5 Å². The number of carbonyl (C=O) groups is 1. The van der Waals surface area contributed by atoms with Crippen LogP contribution in [-0.2, 0) is 11.2 Å². The summed E-state index contributed by atoms with van der Waals surface area (Å²) in [5.41, 5.74) is 1.24. The molecule has 1 atom stereocenters. The number of halogens is 1. The highest BCUT2D eigenvalue weighted by atomic mass is 19.1. The van der Waals surface area contributed by atoms with Crippen LogP contribution in [0, 0.1) is 5.82 Å². The zero-order valence-corrected chi connectivity index (χ0v) is 14.7. The van der Waals surface area contributed by atoms with E-state index in [0.29, 0.717) is 29.5 Å². The first-order chi connectivity index (χ1) is 13.2. The van der Waals surface area contributed by atoms with Crippen LogP contribution in [0.25, 0.3) is 11.5 Å². The predicted molar refractivity (Wildman–Crippen MR) is 92.8 cm³/mol. The van der Waals surface area contributed by atoms with Crippen LogP contribution in [0.3, 0.4) is 0 Å². The van der Waals surface area contributed by atoms with Crippen molar-refractivity contribution in [2.75, 3.05) is 6.54 Å². The van der Waals surface area contributed by atoms with Crippen LogP contribution < -0.4 is 0 Å². The molecule has 1 aliphatic heterocycles. The van der Waals surface area contributed by atoms with E-state index in [0.717, 1.165) is 25.7 Å². The molecule has 1 aliphatic rings. The van der Waals surface area contributed by atoms with E-state index in [-0.39, 0.29) is 24.2 Å². The van der Waals surface area contributed by atoms with Crippen molar-refractivity contribution >= 4 is 5.91 Å². The second-order valence-corrected chi connectivity index (χ2v) is 6.58. The van der Waals surface area contributed by atoms with Crippen LogP contribution in [0.2, 0.25) is 0 Å². The summed E-state index contributed by atoms with van der Waals surface area (Å²) in [6, 6.07) is 7.31. The second kappa shape index (κ2) is 7.69. The summed E-state index contributed by atoms with van der Waals surface area (Å²) < 4.78 is 23.3. The number of hydrogen-bond donors (Lipinski definition) is 0. The van der Waals surface area contributed by atoms with Gasteiger partial charge in [-0.05, 0) is 37.1 Å². The Balaban J connectivity index is 1.57. The van der Waals surface area contributed by atoms with Gasteiger partial charge in [-0.25, -0.2) is 4.39 Å². The van der Waals surface area contributed by atoms with E-state index < -0.39 is 0 Å². The first-order valence-corrected chi connectivity index (χ1v) is 8.99. The van der Waals surface area contributed by atoms with Crippen LogP contribution >= 0.6 is 0 Å². The van der Waals surface area contributed by atoms with E-state index in [4.69, 9.17) is 9.05 Å². The molecular formula is C19H19FN4O3. The van der Waals surface area contributed by atoms with Crippen LogP contribution in [0.4, 0.5) is 4.39 Å². The Morgan fingerprint density at radius 2 is 2.00 bits per heavy atom. The third-order valence-electron chi connectivity index (χ3n) is 4.73. The van der Waals surface area contributed by atoms with Gasteiger partial charge in [0.1, 0.15) is 12.1 Å². The molecule has 0 unspecified atom stereocenters. The van der Waals surface area contributed by atoms with Crippen molar-refractivity contribution in [1.82, 2.24) is 20.2 Å². The van der Waals surface area contributed by atoms with Gasteiger partial charge in [0.15, 0.2) is 5.82 Å². The molecule has 4 rings (SSSR count). The fraction of sp³-hybridized carbons (Fsp3) is 0.368. The highest BCUT2D eigenvalue weighted by Crippen LogP contribution is 2.30. The number of hydrogen-bond acceptors (Lipinski definition) is 6. The van der Waals surface area contributed by atoms with Gasteiger partial charge in [0.2, 0.25) is 5.91 Å². The lowest BCUT2D eigenvalue weighted by molar-refractivity contribution is -0.133. The largest absolute Gasteiger partial charge is 0.364 e. The quantitative estimate of drug-likeness (QED) is 0.698. The highest BCUT2D eigenvalue weighted by Gasteiger charge is 2.30. The smallest absolute Gasteiger partial charge is 0.258 e. The highest BCUT2D eigenvalue weighted by molar-refractivity contribution is 5.78. The van der Waals surface area contributed by atoms with E-state index in [1.54, 1.807) is 23.1 Å². The Morgan fingerprint density at radius 3 is 2.78 bits per heavy atom. The van der Waals surface area contributed by atoms with Crippen molar-refractivity contribution in [1.29, 1.82) is 0 Å². The van der Waals surface area contributed by atoms with Gasteiger partial charge in [0.05, 0.1) is 18.2 Å². The molecular weight excluding hydrogens is 351 g/mol. The maximum absolute atomic E-state index is 13.1. The Kier molecular flexibility index (Phi) is 4.95. The second-order valence-electron chi connectivity index (χ2n) is 6.58.